The largest absolute Gasteiger partial charge is 0.465 e. The average Bonchev–Trinajstić information content (AvgIpc) is 2.41. The Morgan fingerprint density at radius 2 is 1.57 bits per heavy atom. The van der Waals surface area contributed by atoms with E-state index in [1.807, 2.05) is 6.92 Å². The maximum Gasteiger partial charge on any atom is 0.333 e. The van der Waals surface area contributed by atoms with Gasteiger partial charge in [0, 0.05) is 12.0 Å². The predicted octanol–water partition coefficient (Wildman–Crippen LogP) is 2.94. The van der Waals surface area contributed by atoms with E-state index in [0.29, 0.717) is 13.0 Å². The molecule has 0 heterocycles. The van der Waals surface area contributed by atoms with Gasteiger partial charge in [-0.05, 0) is 33.6 Å². The highest BCUT2D eigenvalue weighted by molar-refractivity contribution is 5.93. The van der Waals surface area contributed by atoms with Crippen molar-refractivity contribution in [3.63, 3.8) is 0 Å². The van der Waals surface area contributed by atoms with Crippen molar-refractivity contribution in [2.24, 2.45) is 0 Å². The molecule has 0 radical (unpaired) electrons. The Labute approximate surface area is 138 Å². The number of hydrogen-bond acceptors (Lipinski definition) is 6. The molecule has 0 aliphatic heterocycles. The molecule has 0 N–H and O–H groups in total. The summed E-state index contributed by atoms with van der Waals surface area (Å²) in [5.41, 5.74) is -0.482. The lowest BCUT2D eigenvalue weighted by Gasteiger charge is -2.19. The summed E-state index contributed by atoms with van der Waals surface area (Å²) in [6.07, 6.45) is 2.04. The molecule has 0 aliphatic carbocycles. The van der Waals surface area contributed by atoms with Gasteiger partial charge in [0.25, 0.3) is 0 Å². The molecule has 0 fully saturated rings. The van der Waals surface area contributed by atoms with Gasteiger partial charge < -0.3 is 14.2 Å². The number of hydrogen-bond donors (Lipinski definition) is 0. The van der Waals surface area contributed by atoms with Crippen LogP contribution in [0.5, 0.6) is 0 Å². The highest BCUT2D eigenvalue weighted by Gasteiger charge is 2.17. The van der Waals surface area contributed by atoms with Gasteiger partial charge in [-0.3, -0.25) is 9.59 Å². The summed E-state index contributed by atoms with van der Waals surface area (Å²) in [7, 11) is 0. The minimum atomic E-state index is -0.651. The normalized spacial score (nSPS) is 10.8. The fourth-order valence-corrected chi connectivity index (χ4v) is 1.50. The summed E-state index contributed by atoms with van der Waals surface area (Å²) >= 11 is 0. The van der Waals surface area contributed by atoms with Crippen LogP contribution >= 0.6 is 0 Å². The molecular formula is C17H28O6. The molecular weight excluding hydrogens is 300 g/mol. The fraction of sp³-hybridized carbons (Fsp3) is 0.706. The van der Waals surface area contributed by atoms with Gasteiger partial charge in [0.1, 0.15) is 5.60 Å². The lowest BCUT2D eigenvalue weighted by atomic mass is 10.2. The third-order valence-corrected chi connectivity index (χ3v) is 2.59. The van der Waals surface area contributed by atoms with Gasteiger partial charge in [0.2, 0.25) is 0 Å². The molecule has 6 heteroatoms. The van der Waals surface area contributed by atoms with Gasteiger partial charge in [-0.1, -0.05) is 19.9 Å². The fourth-order valence-electron chi connectivity index (χ4n) is 1.50. The van der Waals surface area contributed by atoms with Crippen molar-refractivity contribution in [3.05, 3.63) is 12.2 Å². The van der Waals surface area contributed by atoms with Gasteiger partial charge in [0.15, 0.2) is 0 Å². The van der Waals surface area contributed by atoms with E-state index >= 15 is 0 Å². The van der Waals surface area contributed by atoms with Crippen molar-refractivity contribution in [1.82, 2.24) is 0 Å². The first-order valence-electron chi connectivity index (χ1n) is 7.88. The van der Waals surface area contributed by atoms with E-state index in [2.05, 4.69) is 6.58 Å². The number of carbonyl (C=O) groups is 3. The van der Waals surface area contributed by atoms with Crippen LogP contribution in [-0.2, 0) is 28.6 Å². The first kappa shape index (κ1) is 21.1. The summed E-state index contributed by atoms with van der Waals surface area (Å²) in [6.45, 7) is 11.3. The van der Waals surface area contributed by atoms with Crippen molar-refractivity contribution in [1.29, 1.82) is 0 Å². The van der Waals surface area contributed by atoms with Gasteiger partial charge >= 0.3 is 17.9 Å². The summed E-state index contributed by atoms with van der Waals surface area (Å²) in [5, 5.41) is 0. The smallest absolute Gasteiger partial charge is 0.333 e. The van der Waals surface area contributed by atoms with E-state index in [0.717, 1.165) is 12.8 Å². The second kappa shape index (κ2) is 10.8. The number of carbonyl (C=O) groups excluding carboxylic acids is 3. The third kappa shape index (κ3) is 12.4. The first-order valence-corrected chi connectivity index (χ1v) is 7.88. The van der Waals surface area contributed by atoms with Crippen LogP contribution in [0.1, 0.15) is 59.8 Å². The maximum atomic E-state index is 11.6. The Balaban J connectivity index is 3.86. The molecule has 0 saturated carbocycles. The van der Waals surface area contributed by atoms with Crippen molar-refractivity contribution >= 4 is 17.9 Å². The van der Waals surface area contributed by atoms with Crippen LogP contribution in [0.25, 0.3) is 0 Å². The molecule has 23 heavy (non-hydrogen) atoms. The van der Waals surface area contributed by atoms with Crippen LogP contribution in [0.3, 0.4) is 0 Å². The van der Waals surface area contributed by atoms with Crippen LogP contribution in [0.15, 0.2) is 12.2 Å². The van der Waals surface area contributed by atoms with Crippen molar-refractivity contribution in [2.75, 3.05) is 13.2 Å². The van der Waals surface area contributed by atoms with Crippen molar-refractivity contribution in [2.45, 2.75) is 65.4 Å². The molecule has 0 rings (SSSR count). The zero-order valence-electron chi connectivity index (χ0n) is 14.6. The molecule has 0 amide bonds. The van der Waals surface area contributed by atoms with Gasteiger partial charge in [-0.15, -0.1) is 0 Å². The minimum absolute atomic E-state index is 0.0452. The molecule has 0 unspecified atom stereocenters. The molecule has 0 aliphatic rings. The lowest BCUT2D eigenvalue weighted by Crippen LogP contribution is -2.24. The van der Waals surface area contributed by atoms with Gasteiger partial charge in [-0.25, -0.2) is 4.79 Å². The second-order valence-corrected chi connectivity index (χ2v) is 6.18. The second-order valence-electron chi connectivity index (χ2n) is 6.18. The Kier molecular flexibility index (Phi) is 9.94. The number of esters is 3. The highest BCUT2D eigenvalue weighted by Crippen LogP contribution is 2.09. The Morgan fingerprint density at radius 1 is 0.957 bits per heavy atom. The quantitative estimate of drug-likeness (QED) is 0.265. The topological polar surface area (TPSA) is 78.9 Å². The van der Waals surface area contributed by atoms with Crippen LogP contribution in [0.4, 0.5) is 0 Å². The number of unbranched alkanes of at least 4 members (excludes halogenated alkanes) is 1. The average molecular weight is 328 g/mol. The van der Waals surface area contributed by atoms with Crippen LogP contribution in [-0.4, -0.2) is 36.7 Å². The summed E-state index contributed by atoms with van der Waals surface area (Å²) in [6, 6.07) is 0. The van der Waals surface area contributed by atoms with E-state index in [4.69, 9.17) is 14.2 Å². The summed E-state index contributed by atoms with van der Waals surface area (Å²) in [4.78, 5) is 34.5. The van der Waals surface area contributed by atoms with Crippen molar-refractivity contribution in [3.8, 4) is 0 Å². The van der Waals surface area contributed by atoms with E-state index in [9.17, 15) is 14.4 Å². The maximum absolute atomic E-state index is 11.6. The van der Waals surface area contributed by atoms with E-state index in [1.54, 1.807) is 20.8 Å². The van der Waals surface area contributed by atoms with E-state index in [-0.39, 0.29) is 31.0 Å². The Bertz CT molecular complexity index is 419. The van der Waals surface area contributed by atoms with E-state index < -0.39 is 17.5 Å². The Morgan fingerprint density at radius 3 is 2.13 bits per heavy atom. The Hall–Kier alpha value is -1.85. The molecule has 6 nitrogen and oxygen atoms in total. The molecule has 0 aromatic heterocycles. The zero-order chi connectivity index (χ0) is 17.9. The van der Waals surface area contributed by atoms with Crippen LogP contribution in [0, 0.1) is 0 Å². The minimum Gasteiger partial charge on any atom is -0.465 e. The molecule has 0 spiro atoms. The molecule has 0 aromatic rings. The molecule has 0 aromatic carbocycles. The SMILES string of the molecule is C=C(CC(=O)OCCCC)C(=O)OCCCC(=O)OC(C)(C)C. The van der Waals surface area contributed by atoms with Gasteiger partial charge in [-0.2, -0.15) is 0 Å². The highest BCUT2D eigenvalue weighted by atomic mass is 16.6. The van der Waals surface area contributed by atoms with E-state index in [1.165, 1.54) is 0 Å². The predicted molar refractivity (Wildman–Crippen MR) is 85.7 cm³/mol. The first-order chi connectivity index (χ1) is 10.7. The zero-order valence-corrected chi connectivity index (χ0v) is 14.6. The van der Waals surface area contributed by atoms with Crippen LogP contribution in [0.2, 0.25) is 0 Å². The lowest BCUT2D eigenvalue weighted by molar-refractivity contribution is -0.155. The molecule has 0 atom stereocenters. The third-order valence-electron chi connectivity index (χ3n) is 2.59. The molecule has 132 valence electrons. The summed E-state index contributed by atoms with van der Waals surface area (Å²) in [5.74, 6) is -1.48. The summed E-state index contributed by atoms with van der Waals surface area (Å²) < 4.78 is 15.0. The standard InChI is InChI=1S/C17H28O6/c1-6-7-10-21-15(19)12-13(2)16(20)22-11-8-9-14(18)23-17(3,4)5/h2,6-12H2,1,3-5H3. The van der Waals surface area contributed by atoms with Crippen LogP contribution < -0.4 is 0 Å². The monoisotopic (exact) mass is 328 g/mol. The van der Waals surface area contributed by atoms with Gasteiger partial charge in [0.05, 0.1) is 19.6 Å². The molecule has 0 saturated heterocycles. The number of rotatable bonds is 10. The number of ether oxygens (including phenoxy) is 3. The van der Waals surface area contributed by atoms with Crippen molar-refractivity contribution < 1.29 is 28.6 Å². The molecule has 0 bridgehead atoms.